The normalized spacial score (nSPS) is 10.9. The van der Waals surface area contributed by atoms with Crippen LogP contribution < -0.4 is 0 Å². The average molecular weight is 342 g/mol. The number of benzene rings is 3. The van der Waals surface area contributed by atoms with Crippen LogP contribution in [0.15, 0.2) is 83.9 Å². The summed E-state index contributed by atoms with van der Waals surface area (Å²) >= 11 is 1.72. The number of hydrogen-bond donors (Lipinski definition) is 0. The molecule has 0 aliphatic carbocycles. The molecule has 4 rings (SSSR count). The Hall–Kier alpha value is -2.65. The van der Waals surface area contributed by atoms with Crippen LogP contribution in [0, 0.1) is 6.92 Å². The Morgan fingerprint density at radius 3 is 2.36 bits per heavy atom. The molecule has 0 aliphatic heterocycles. The summed E-state index contributed by atoms with van der Waals surface area (Å²) < 4.78 is 0. The van der Waals surface area contributed by atoms with Gasteiger partial charge < -0.3 is 0 Å². The lowest BCUT2D eigenvalue weighted by atomic mass is 10.1. The van der Waals surface area contributed by atoms with E-state index < -0.39 is 0 Å². The van der Waals surface area contributed by atoms with E-state index >= 15 is 0 Å². The highest BCUT2D eigenvalue weighted by atomic mass is 32.2. The molecule has 122 valence electrons. The highest BCUT2D eigenvalue weighted by molar-refractivity contribution is 7.98. The third kappa shape index (κ3) is 3.57. The van der Waals surface area contributed by atoms with Gasteiger partial charge in [0.25, 0.3) is 0 Å². The van der Waals surface area contributed by atoms with Crippen LogP contribution in [0.25, 0.3) is 22.0 Å². The maximum atomic E-state index is 4.39. The molecule has 0 saturated heterocycles. The predicted octanol–water partition coefficient (Wildman–Crippen LogP) is 5.90. The topological polar surface area (TPSA) is 25.8 Å². The van der Waals surface area contributed by atoms with Crippen LogP contribution >= 0.6 is 11.8 Å². The minimum atomic E-state index is 0.889. The van der Waals surface area contributed by atoms with Crippen LogP contribution in [-0.2, 0) is 5.75 Å². The number of aryl methyl sites for hydroxylation is 1. The second kappa shape index (κ2) is 7.08. The molecule has 0 amide bonds. The number of rotatable bonds is 4. The molecule has 3 aromatic carbocycles. The monoisotopic (exact) mass is 342 g/mol. The van der Waals surface area contributed by atoms with Gasteiger partial charge >= 0.3 is 0 Å². The van der Waals surface area contributed by atoms with Gasteiger partial charge in [-0.1, -0.05) is 84.1 Å². The average Bonchev–Trinajstić information content (AvgIpc) is 2.67. The van der Waals surface area contributed by atoms with Crippen LogP contribution in [0.1, 0.15) is 11.1 Å². The van der Waals surface area contributed by atoms with Gasteiger partial charge in [-0.25, -0.2) is 0 Å². The molecule has 1 heterocycles. The molecule has 3 heteroatoms. The summed E-state index contributed by atoms with van der Waals surface area (Å²) in [6.45, 7) is 2.09. The molecule has 0 spiro atoms. The van der Waals surface area contributed by atoms with E-state index in [2.05, 4.69) is 89.9 Å². The summed E-state index contributed by atoms with van der Waals surface area (Å²) in [4.78, 5) is 0. The van der Waals surface area contributed by atoms with Crippen LogP contribution in [0.2, 0.25) is 0 Å². The largest absolute Gasteiger partial charge is 0.149 e. The molecule has 0 unspecified atom stereocenters. The van der Waals surface area contributed by atoms with Crippen LogP contribution in [0.3, 0.4) is 0 Å². The van der Waals surface area contributed by atoms with Gasteiger partial charge in [-0.2, -0.15) is 0 Å². The van der Waals surface area contributed by atoms with Gasteiger partial charge in [-0.15, -0.1) is 10.2 Å². The van der Waals surface area contributed by atoms with Crippen molar-refractivity contribution < 1.29 is 0 Å². The molecular formula is C22H18N2S. The second-order valence-corrected chi connectivity index (χ2v) is 7.05. The highest BCUT2D eigenvalue weighted by Crippen LogP contribution is 2.27. The molecule has 0 bridgehead atoms. The molecule has 0 N–H and O–H groups in total. The molecule has 4 aromatic rings. The van der Waals surface area contributed by atoms with Crippen molar-refractivity contribution in [3.63, 3.8) is 0 Å². The smallest absolute Gasteiger partial charge is 0.119 e. The van der Waals surface area contributed by atoms with Crippen molar-refractivity contribution in [2.75, 3.05) is 0 Å². The van der Waals surface area contributed by atoms with E-state index in [1.54, 1.807) is 11.8 Å². The van der Waals surface area contributed by atoms with E-state index in [1.807, 2.05) is 6.07 Å². The number of hydrogen-bond acceptors (Lipinski definition) is 3. The summed E-state index contributed by atoms with van der Waals surface area (Å²) in [5, 5.41) is 12.3. The second-order valence-electron chi connectivity index (χ2n) is 6.05. The Bertz CT molecular complexity index is 987. The molecule has 0 radical (unpaired) electrons. The van der Waals surface area contributed by atoms with Crippen LogP contribution in [0.4, 0.5) is 0 Å². The van der Waals surface area contributed by atoms with Gasteiger partial charge in [0.05, 0.1) is 5.69 Å². The fraction of sp³-hybridized carbons (Fsp3) is 0.0909. The number of nitrogens with zero attached hydrogens (tertiary/aromatic N) is 2. The minimum Gasteiger partial charge on any atom is -0.149 e. The zero-order chi connectivity index (χ0) is 17.1. The molecule has 0 fully saturated rings. The third-order valence-electron chi connectivity index (χ3n) is 4.24. The Kier molecular flexibility index (Phi) is 4.49. The zero-order valence-corrected chi connectivity index (χ0v) is 14.8. The van der Waals surface area contributed by atoms with E-state index in [1.165, 1.54) is 21.9 Å². The first-order valence-electron chi connectivity index (χ1n) is 8.30. The van der Waals surface area contributed by atoms with E-state index in [4.69, 9.17) is 0 Å². The fourth-order valence-corrected chi connectivity index (χ4v) is 3.66. The van der Waals surface area contributed by atoms with Gasteiger partial charge in [-0.3, -0.25) is 0 Å². The van der Waals surface area contributed by atoms with E-state index in [9.17, 15) is 0 Å². The van der Waals surface area contributed by atoms with Crippen molar-refractivity contribution in [3.05, 3.63) is 90.0 Å². The van der Waals surface area contributed by atoms with Gasteiger partial charge in [0.2, 0.25) is 0 Å². The summed E-state index contributed by atoms with van der Waals surface area (Å²) in [5.41, 5.74) is 4.59. The number of thioether (sulfide) groups is 1. The van der Waals surface area contributed by atoms with Crippen molar-refractivity contribution in [3.8, 4) is 11.3 Å². The first kappa shape index (κ1) is 15.9. The van der Waals surface area contributed by atoms with Gasteiger partial charge in [0.15, 0.2) is 0 Å². The summed E-state index contributed by atoms with van der Waals surface area (Å²) in [6.07, 6.45) is 0. The van der Waals surface area contributed by atoms with Crippen molar-refractivity contribution in [1.29, 1.82) is 0 Å². The molecule has 2 nitrogen and oxygen atoms in total. The minimum absolute atomic E-state index is 0.889. The summed E-state index contributed by atoms with van der Waals surface area (Å²) in [5.74, 6) is 0.889. The van der Waals surface area contributed by atoms with E-state index in [-0.39, 0.29) is 0 Å². The first-order chi connectivity index (χ1) is 12.3. The Labute approximate surface area is 151 Å². The Morgan fingerprint density at radius 1 is 0.760 bits per heavy atom. The molecule has 25 heavy (non-hydrogen) atoms. The molecule has 0 atom stereocenters. The Balaban J connectivity index is 1.50. The summed E-state index contributed by atoms with van der Waals surface area (Å²) in [7, 11) is 0. The van der Waals surface area contributed by atoms with E-state index in [0.717, 1.165) is 22.0 Å². The van der Waals surface area contributed by atoms with Crippen LogP contribution in [-0.4, -0.2) is 10.2 Å². The first-order valence-corrected chi connectivity index (χ1v) is 9.28. The van der Waals surface area contributed by atoms with Gasteiger partial charge in [-0.05, 0) is 35.4 Å². The molecule has 0 aliphatic rings. The number of aromatic nitrogens is 2. The SMILES string of the molecule is Cc1ccc(-c2ccc(SCc3cccc4ccccc34)nn2)cc1. The number of fused-ring (bicyclic) bond motifs is 1. The lowest BCUT2D eigenvalue weighted by molar-refractivity contribution is 0.935. The maximum absolute atomic E-state index is 4.39. The fourth-order valence-electron chi connectivity index (χ4n) is 2.85. The summed E-state index contributed by atoms with van der Waals surface area (Å²) in [6, 6.07) is 27.4. The lowest BCUT2D eigenvalue weighted by Gasteiger charge is -2.06. The molecule has 0 saturated carbocycles. The molecule has 1 aromatic heterocycles. The molecular weight excluding hydrogens is 324 g/mol. The van der Waals surface area contributed by atoms with Crippen molar-refractivity contribution >= 4 is 22.5 Å². The van der Waals surface area contributed by atoms with Crippen LogP contribution in [0.5, 0.6) is 0 Å². The maximum Gasteiger partial charge on any atom is 0.119 e. The Morgan fingerprint density at radius 2 is 1.56 bits per heavy atom. The van der Waals surface area contributed by atoms with Gasteiger partial charge in [0, 0.05) is 11.3 Å². The highest BCUT2D eigenvalue weighted by Gasteiger charge is 2.04. The predicted molar refractivity (Wildman–Crippen MR) is 106 cm³/mol. The zero-order valence-electron chi connectivity index (χ0n) is 14.0. The standard InChI is InChI=1S/C22H18N2S/c1-16-9-11-18(12-10-16)21-13-14-22(24-23-21)25-15-19-7-4-6-17-5-2-3-8-20(17)19/h2-14H,15H2,1H3. The van der Waals surface area contributed by atoms with Crippen molar-refractivity contribution in [1.82, 2.24) is 10.2 Å². The van der Waals surface area contributed by atoms with Crippen molar-refractivity contribution in [2.45, 2.75) is 17.7 Å². The van der Waals surface area contributed by atoms with Gasteiger partial charge in [0.1, 0.15) is 5.03 Å². The third-order valence-corrected chi connectivity index (χ3v) is 5.21. The van der Waals surface area contributed by atoms with Crippen molar-refractivity contribution in [2.24, 2.45) is 0 Å². The quantitative estimate of drug-likeness (QED) is 0.432. The van der Waals surface area contributed by atoms with E-state index in [0.29, 0.717) is 0 Å². The lowest BCUT2D eigenvalue weighted by Crippen LogP contribution is -1.90.